The second-order valence-corrected chi connectivity index (χ2v) is 5.51. The Labute approximate surface area is 130 Å². The normalized spacial score (nSPS) is 10.6. The topological polar surface area (TPSA) is 103 Å². The van der Waals surface area contributed by atoms with E-state index >= 15 is 0 Å². The molecule has 2 heterocycles. The summed E-state index contributed by atoms with van der Waals surface area (Å²) in [5.74, 6) is 1.13. The molecule has 0 fully saturated rings. The molecule has 2 aromatic heterocycles. The molecule has 0 radical (unpaired) electrons. The molecule has 6 nitrogen and oxygen atoms in total. The Morgan fingerprint density at radius 1 is 1.10 bits per heavy atom. The highest BCUT2D eigenvalue weighted by atomic mass is 35.5. The van der Waals surface area contributed by atoms with E-state index in [2.05, 4.69) is 20.3 Å². The van der Waals surface area contributed by atoms with E-state index in [0.29, 0.717) is 32.6 Å². The van der Waals surface area contributed by atoms with Crippen molar-refractivity contribution in [1.82, 2.24) is 15.0 Å². The molecule has 9 heteroatoms. The van der Waals surface area contributed by atoms with E-state index in [1.54, 1.807) is 6.07 Å². The lowest BCUT2D eigenvalue weighted by Crippen LogP contribution is -2.02. The summed E-state index contributed by atoms with van der Waals surface area (Å²) in [4.78, 5) is 12.5. The van der Waals surface area contributed by atoms with Gasteiger partial charge in [0, 0.05) is 12.6 Å². The van der Waals surface area contributed by atoms with Crippen molar-refractivity contribution in [2.45, 2.75) is 17.1 Å². The number of nitrogen functional groups attached to an aromatic ring is 2. The number of halogens is 2. The molecule has 0 saturated heterocycles. The van der Waals surface area contributed by atoms with Crippen LogP contribution in [-0.4, -0.2) is 21.5 Å². The number of nitrogens with zero attached hydrogens (tertiary/aromatic N) is 3. The molecule has 0 spiro atoms. The summed E-state index contributed by atoms with van der Waals surface area (Å²) in [5, 5.41) is 4.81. The van der Waals surface area contributed by atoms with Crippen LogP contribution in [0, 0.1) is 0 Å². The number of hydrogen-bond acceptors (Lipinski definition) is 7. The van der Waals surface area contributed by atoms with Crippen LogP contribution in [-0.2, 0) is 0 Å². The van der Waals surface area contributed by atoms with Gasteiger partial charge >= 0.3 is 0 Å². The Morgan fingerprint density at radius 2 is 1.75 bits per heavy atom. The third-order valence-electron chi connectivity index (χ3n) is 2.17. The van der Waals surface area contributed by atoms with E-state index in [-0.39, 0.29) is 11.6 Å². The van der Waals surface area contributed by atoms with Crippen LogP contribution in [0.1, 0.15) is 6.92 Å². The monoisotopic (exact) mass is 330 g/mol. The maximum atomic E-state index is 6.12. The second kappa shape index (κ2) is 6.34. The zero-order valence-corrected chi connectivity index (χ0v) is 12.9. The van der Waals surface area contributed by atoms with E-state index < -0.39 is 0 Å². The fraction of sp³-hybridized carbons (Fsp3) is 0.182. The number of pyridine rings is 1. The van der Waals surface area contributed by atoms with Crippen molar-refractivity contribution < 1.29 is 0 Å². The average molecular weight is 331 g/mol. The van der Waals surface area contributed by atoms with Crippen molar-refractivity contribution in [2.24, 2.45) is 0 Å². The SMILES string of the molecule is CCNc1nc(Sc2nc(N)cc(N)n2)c(Cl)cc1Cl. The molecule has 0 atom stereocenters. The van der Waals surface area contributed by atoms with E-state index in [1.807, 2.05) is 6.92 Å². The van der Waals surface area contributed by atoms with Crippen molar-refractivity contribution in [2.75, 3.05) is 23.3 Å². The minimum absolute atomic E-state index is 0.289. The minimum Gasteiger partial charge on any atom is -0.383 e. The van der Waals surface area contributed by atoms with E-state index in [9.17, 15) is 0 Å². The van der Waals surface area contributed by atoms with Gasteiger partial charge in [0.1, 0.15) is 22.5 Å². The van der Waals surface area contributed by atoms with Gasteiger partial charge in [-0.3, -0.25) is 0 Å². The molecule has 0 bridgehead atoms. The number of anilines is 3. The first-order valence-electron chi connectivity index (χ1n) is 5.67. The minimum atomic E-state index is 0.289. The molecule has 2 rings (SSSR count). The Hall–Kier alpha value is -1.44. The summed E-state index contributed by atoms with van der Waals surface area (Å²) < 4.78 is 0. The van der Waals surface area contributed by atoms with Gasteiger partial charge in [0.15, 0.2) is 5.16 Å². The predicted molar refractivity (Wildman–Crippen MR) is 83.4 cm³/mol. The van der Waals surface area contributed by atoms with Gasteiger partial charge in [0.2, 0.25) is 0 Å². The third-order valence-corrected chi connectivity index (χ3v) is 3.73. The molecule has 0 saturated carbocycles. The third kappa shape index (κ3) is 3.56. The van der Waals surface area contributed by atoms with Crippen LogP contribution in [0.5, 0.6) is 0 Å². The summed E-state index contributed by atoms with van der Waals surface area (Å²) in [6.45, 7) is 2.64. The molecule has 0 aliphatic rings. The van der Waals surface area contributed by atoms with Crippen LogP contribution < -0.4 is 16.8 Å². The second-order valence-electron chi connectivity index (χ2n) is 3.74. The smallest absolute Gasteiger partial charge is 0.197 e. The standard InChI is InChI=1S/C11H12Cl2N6S/c1-2-16-9-5(12)3-6(13)10(19-9)20-11-17-7(14)4-8(15)18-11/h3-4H,2H2,1H3,(H,16,19)(H4,14,15,17,18). The van der Waals surface area contributed by atoms with Crippen molar-refractivity contribution >= 4 is 52.4 Å². The van der Waals surface area contributed by atoms with Crippen LogP contribution in [0.4, 0.5) is 17.5 Å². The summed E-state index contributed by atoms with van der Waals surface area (Å²) in [5.41, 5.74) is 11.2. The zero-order valence-electron chi connectivity index (χ0n) is 10.5. The summed E-state index contributed by atoms with van der Waals surface area (Å²) >= 11 is 13.3. The lowest BCUT2D eigenvalue weighted by atomic mass is 10.4. The Kier molecular flexibility index (Phi) is 4.74. The fourth-order valence-electron chi connectivity index (χ4n) is 1.41. The molecule has 0 aromatic carbocycles. The Morgan fingerprint density at radius 3 is 2.35 bits per heavy atom. The zero-order chi connectivity index (χ0) is 14.7. The summed E-state index contributed by atoms with van der Waals surface area (Å²) in [6.07, 6.45) is 0. The molecule has 20 heavy (non-hydrogen) atoms. The van der Waals surface area contributed by atoms with Crippen molar-refractivity contribution in [3.63, 3.8) is 0 Å². The molecule has 2 aromatic rings. The maximum absolute atomic E-state index is 6.12. The number of nitrogens with one attached hydrogen (secondary N) is 1. The van der Waals surface area contributed by atoms with E-state index in [0.717, 1.165) is 0 Å². The van der Waals surface area contributed by atoms with Gasteiger partial charge in [-0.05, 0) is 24.8 Å². The van der Waals surface area contributed by atoms with Crippen LogP contribution in [0.3, 0.4) is 0 Å². The first-order chi connectivity index (χ1) is 9.49. The Balaban J connectivity index is 2.34. The van der Waals surface area contributed by atoms with E-state index in [1.165, 1.54) is 17.8 Å². The van der Waals surface area contributed by atoms with Crippen LogP contribution in [0.25, 0.3) is 0 Å². The lowest BCUT2D eigenvalue weighted by Gasteiger charge is -2.09. The average Bonchev–Trinajstić information content (AvgIpc) is 2.34. The fourth-order valence-corrected chi connectivity index (χ4v) is 2.72. The van der Waals surface area contributed by atoms with Gasteiger partial charge in [-0.2, -0.15) is 0 Å². The molecular formula is C11H12Cl2N6S. The van der Waals surface area contributed by atoms with E-state index in [4.69, 9.17) is 34.7 Å². The molecular weight excluding hydrogens is 319 g/mol. The maximum Gasteiger partial charge on any atom is 0.197 e. The van der Waals surface area contributed by atoms with Crippen molar-refractivity contribution in [3.8, 4) is 0 Å². The molecule has 0 aliphatic heterocycles. The lowest BCUT2D eigenvalue weighted by molar-refractivity contribution is 0.976. The molecule has 5 N–H and O–H groups in total. The summed E-state index contributed by atoms with van der Waals surface area (Å²) in [6, 6.07) is 3.09. The van der Waals surface area contributed by atoms with Gasteiger partial charge in [-0.15, -0.1) is 0 Å². The Bertz CT molecular complexity index is 616. The van der Waals surface area contributed by atoms with Crippen LogP contribution in [0.15, 0.2) is 22.3 Å². The largest absolute Gasteiger partial charge is 0.383 e. The predicted octanol–water partition coefficient (Wildman–Crippen LogP) is 2.93. The number of hydrogen-bond donors (Lipinski definition) is 3. The van der Waals surface area contributed by atoms with Gasteiger partial charge in [-0.25, -0.2) is 15.0 Å². The highest BCUT2D eigenvalue weighted by Gasteiger charge is 2.12. The molecule has 0 unspecified atom stereocenters. The highest BCUT2D eigenvalue weighted by Crippen LogP contribution is 2.34. The first kappa shape index (κ1) is 15.0. The van der Waals surface area contributed by atoms with Crippen LogP contribution >= 0.6 is 35.0 Å². The van der Waals surface area contributed by atoms with Gasteiger partial charge < -0.3 is 16.8 Å². The van der Waals surface area contributed by atoms with Crippen LogP contribution in [0.2, 0.25) is 10.0 Å². The van der Waals surface area contributed by atoms with Crippen molar-refractivity contribution in [3.05, 3.63) is 22.2 Å². The highest BCUT2D eigenvalue weighted by molar-refractivity contribution is 7.99. The summed E-state index contributed by atoms with van der Waals surface area (Å²) in [7, 11) is 0. The van der Waals surface area contributed by atoms with Crippen molar-refractivity contribution in [1.29, 1.82) is 0 Å². The molecule has 0 amide bonds. The first-order valence-corrected chi connectivity index (χ1v) is 7.24. The van der Waals surface area contributed by atoms with Gasteiger partial charge in [0.25, 0.3) is 0 Å². The number of nitrogens with two attached hydrogens (primary N) is 2. The van der Waals surface area contributed by atoms with Gasteiger partial charge in [0.05, 0.1) is 10.0 Å². The van der Waals surface area contributed by atoms with Gasteiger partial charge in [-0.1, -0.05) is 23.2 Å². The molecule has 106 valence electrons. The molecule has 0 aliphatic carbocycles. The number of aromatic nitrogens is 3. The quantitative estimate of drug-likeness (QED) is 0.740. The number of rotatable bonds is 4.